The molecule has 8 aromatic carbocycles. The molecule has 12 aliphatic heterocycles. The van der Waals surface area contributed by atoms with Crippen LogP contribution in [0.25, 0.3) is 60.8 Å². The molecule has 0 fully saturated rings. The summed E-state index contributed by atoms with van der Waals surface area (Å²) in [6, 6.07) is 59.0. The van der Waals surface area contributed by atoms with E-state index in [4.69, 9.17) is 20.4 Å². The Morgan fingerprint density at radius 1 is 0.629 bits per heavy atom. The molecule has 15 heterocycles. The molecule has 591 valence electrons. The largest absolute Gasteiger partial charge is 0.661 e. The number of thiophene rings is 1. The van der Waals surface area contributed by atoms with E-state index in [0.717, 1.165) is 60.5 Å². The van der Waals surface area contributed by atoms with Crippen molar-refractivity contribution in [1.82, 2.24) is 29.3 Å². The van der Waals surface area contributed by atoms with E-state index in [1.54, 1.807) is 0 Å². The van der Waals surface area contributed by atoms with Crippen molar-refractivity contribution in [1.29, 1.82) is 0 Å². The van der Waals surface area contributed by atoms with Crippen molar-refractivity contribution in [2.24, 2.45) is 20.9 Å². The van der Waals surface area contributed by atoms with E-state index >= 15 is 0 Å². The predicted octanol–water partition coefficient (Wildman–Crippen LogP) is 23.8. The topological polar surface area (TPSA) is 120 Å². The molecule has 1 radical (unpaired) electrons. The van der Waals surface area contributed by atoms with Crippen LogP contribution in [0.2, 0.25) is 0 Å². The van der Waals surface area contributed by atoms with Crippen LogP contribution in [0.3, 0.4) is 0 Å². The van der Waals surface area contributed by atoms with Gasteiger partial charge in [-0.3, -0.25) is 14.8 Å². The summed E-state index contributed by atoms with van der Waals surface area (Å²) in [4.78, 5) is 34.2. The zero-order valence-electron chi connectivity index (χ0n) is 69.5. The number of pyridine rings is 1. The van der Waals surface area contributed by atoms with Gasteiger partial charge in [0.2, 0.25) is 0 Å². The van der Waals surface area contributed by atoms with Gasteiger partial charge in [0.05, 0.1) is 29.2 Å². The second-order valence-corrected chi connectivity index (χ2v) is 37.0. The maximum Gasteiger partial charge on any atom is 0.294 e. The Morgan fingerprint density at radius 2 is 1.27 bits per heavy atom. The number of aliphatic hydroxyl groups is 1. The number of carbonyl (C=O) groups excluding carboxylic acids is 1. The fraction of sp³-hybridized carbons (Fsp3) is 0.303. The summed E-state index contributed by atoms with van der Waals surface area (Å²) in [5.74, 6) is 3.97. The maximum absolute atomic E-state index is 10.0. The first kappa shape index (κ1) is 77.5. The van der Waals surface area contributed by atoms with Crippen LogP contribution in [0.4, 0.5) is 28.6 Å². The van der Waals surface area contributed by atoms with Crippen LogP contribution in [-0.4, -0.2) is 52.3 Å². The van der Waals surface area contributed by atoms with Gasteiger partial charge in [-0.1, -0.05) is 205 Å². The van der Waals surface area contributed by atoms with Crippen LogP contribution >= 0.6 is 11.3 Å². The SMILES string of the molecule is C1=CN2C=CN3Cc4cccc1c4C23.C1=CN2C=NN3Cc4cccc1c4C23.CC(=O)C=C(C)O.CC(C)(C)C1=Cc2cccc3c2C2N(C3)c3ccccc3N12.CC(C)c1cccc(C(C)C)c1-n1cc[n+]2c1-c1cc3c(cc1C2)sc1ccccc13.Cc1cc2c(cc1C)N1C(C(C)(C)C)=Nc3nc(C(C)(C)C)c[c-]c3C1[N-]2.[Ir]. The van der Waals surface area contributed by atoms with E-state index in [9.17, 15) is 4.79 Å². The summed E-state index contributed by atoms with van der Waals surface area (Å²) >= 11 is 1.91. The molecule has 23 rings (SSSR count). The third-order valence-electron chi connectivity index (χ3n) is 24.0. The summed E-state index contributed by atoms with van der Waals surface area (Å²) in [6.45, 7) is 40.3. The zero-order valence-corrected chi connectivity index (χ0v) is 72.7. The average Bonchev–Trinajstić information content (AvgIpc) is 1.53. The van der Waals surface area contributed by atoms with E-state index in [2.05, 4.69) is 360 Å². The summed E-state index contributed by atoms with van der Waals surface area (Å²) in [6.07, 6.45) is 24.0. The van der Waals surface area contributed by atoms with E-state index < -0.39 is 0 Å². The molecule has 0 aliphatic carbocycles. The quantitative estimate of drug-likeness (QED) is 0.0789. The third-order valence-corrected chi connectivity index (χ3v) is 25.1. The summed E-state index contributed by atoms with van der Waals surface area (Å²) in [5, 5.41) is 22.7. The van der Waals surface area contributed by atoms with Gasteiger partial charge in [0, 0.05) is 146 Å². The number of aliphatic hydroxyl groups excluding tert-OH is 1. The molecule has 0 amide bonds. The van der Waals surface area contributed by atoms with Crippen molar-refractivity contribution in [3.05, 3.63) is 307 Å². The van der Waals surface area contributed by atoms with Gasteiger partial charge in [0.25, 0.3) is 5.82 Å². The summed E-state index contributed by atoms with van der Waals surface area (Å²) in [7, 11) is 0. The first-order valence-corrected chi connectivity index (χ1v) is 41.4. The van der Waals surface area contributed by atoms with Crippen LogP contribution in [0.5, 0.6) is 0 Å². The van der Waals surface area contributed by atoms with Crippen LogP contribution in [-0.2, 0) is 56.5 Å². The van der Waals surface area contributed by atoms with Gasteiger partial charge in [-0.2, -0.15) is 21.8 Å². The summed E-state index contributed by atoms with van der Waals surface area (Å²) < 4.78 is 7.63. The molecule has 15 nitrogen and oxygen atoms in total. The second-order valence-electron chi connectivity index (χ2n) is 35.9. The molecule has 11 aromatic rings. The smallest absolute Gasteiger partial charge is 0.294 e. The summed E-state index contributed by atoms with van der Waals surface area (Å²) in [5.41, 5.74) is 30.7. The maximum atomic E-state index is 10.0. The van der Waals surface area contributed by atoms with Crippen molar-refractivity contribution in [3.8, 4) is 17.1 Å². The molecule has 0 saturated carbocycles. The first-order chi connectivity index (χ1) is 55.0. The Labute approximate surface area is 700 Å². The fourth-order valence-corrected chi connectivity index (χ4v) is 19.6. The monoisotopic (exact) mass is 1730 g/mol. The molecule has 4 unspecified atom stereocenters. The number of hydrogen-bond donors (Lipinski definition) is 1. The number of fused-ring (bicyclic) bond motifs is 14. The molecule has 0 bridgehead atoms. The third kappa shape index (κ3) is 13.4. The molecular formula is C99H102IrN13O2S-. The molecular weight excluding hydrogens is 1630 g/mol. The zero-order chi connectivity index (χ0) is 80.2. The molecule has 3 aromatic heterocycles. The molecule has 4 atom stereocenters. The van der Waals surface area contributed by atoms with Gasteiger partial charge >= 0.3 is 0 Å². The number of hydrazone groups is 1. The van der Waals surface area contributed by atoms with Gasteiger partial charge in [0.15, 0.2) is 5.78 Å². The van der Waals surface area contributed by atoms with Gasteiger partial charge in [0.1, 0.15) is 55.3 Å². The molecule has 12 aliphatic rings. The van der Waals surface area contributed by atoms with Crippen molar-refractivity contribution >= 4 is 96.3 Å². The Bertz CT molecular complexity index is 5950. The predicted molar refractivity (Wildman–Crippen MR) is 472 cm³/mol. The standard InChI is InChI=1S/C28H27N2S.C23H28N4.C20H20N2.C12H10N2.C11H9N3.C5H8O2.Ir/c1-17(2)20-9-7-10-21(18(3)4)27(20)30-13-12-29-16-19-14-26-24(15-23(19)28(29)30)22-8-5-6-11-25(22)31-26;1-13-11-16-17(12-14(13)2)27-20(24-16)15-9-10-18(22(3,4)5)25-19(15)26-21(27)23(6,7)8;1-20(2,3)17-11-13-7-6-8-14-12-21-15-9-4-5-10-16(15)22(17)19(21)18(13)14;1-2-9-4-5-13-6-7-14-8-10(3-1)11(9)12(13)14;1-2-8-4-5-13-7-12-14-6-9(3-1)10(8)11(13)14;1-4(6)3-5(2)7;/h5-15,17-18H,16H2,1-4H3;10-12,20H,1-8H3;4-11,19H,12H2,1-3H3;1-7,12H,8H2;1-5,7,11H,6H2;3,6H,1-2H3;/q+1;-2;;;;;. The number of para-hydroxylation sites is 3. The number of ketones is 1. The van der Waals surface area contributed by atoms with Crippen molar-refractivity contribution in [3.63, 3.8) is 0 Å². The minimum atomic E-state index is -0.135. The number of benzene rings is 8. The minimum absolute atomic E-state index is 0. The number of aromatic nitrogens is 3. The Morgan fingerprint density at radius 3 is 1.94 bits per heavy atom. The number of imidazole rings is 1. The van der Waals surface area contributed by atoms with Crippen LogP contribution in [0.1, 0.15) is 230 Å². The van der Waals surface area contributed by atoms with E-state index in [1.807, 2.05) is 23.7 Å². The van der Waals surface area contributed by atoms with Crippen molar-refractivity contribution < 1.29 is 34.6 Å². The van der Waals surface area contributed by atoms with Crippen LogP contribution in [0.15, 0.2) is 216 Å². The van der Waals surface area contributed by atoms with E-state index in [1.165, 1.54) is 152 Å². The Hall–Kier alpha value is -11.1. The van der Waals surface area contributed by atoms with Gasteiger partial charge in [-0.15, -0.1) is 22.6 Å². The van der Waals surface area contributed by atoms with Gasteiger partial charge in [-0.05, 0) is 150 Å². The number of amidine groups is 1. The average molecular weight is 1730 g/mol. The number of carbonyl (C=O) groups is 1. The van der Waals surface area contributed by atoms with Crippen LogP contribution < -0.4 is 19.3 Å². The number of rotatable bonds is 4. The minimum Gasteiger partial charge on any atom is -0.661 e. The second kappa shape index (κ2) is 29.3. The Balaban J connectivity index is 0.000000105. The van der Waals surface area contributed by atoms with Crippen LogP contribution in [0, 0.1) is 30.7 Å². The van der Waals surface area contributed by atoms with Gasteiger partial charge in [-0.25, -0.2) is 4.57 Å². The number of aliphatic imine (C=N–C) groups is 1. The van der Waals surface area contributed by atoms with Crippen molar-refractivity contribution in [2.45, 2.75) is 186 Å². The number of anilines is 3. The molecule has 116 heavy (non-hydrogen) atoms. The normalized spacial score (nSPS) is 18.4. The van der Waals surface area contributed by atoms with E-state index in [0.29, 0.717) is 30.3 Å². The molecule has 0 spiro atoms. The van der Waals surface area contributed by atoms with Crippen molar-refractivity contribution in [2.75, 3.05) is 14.7 Å². The molecule has 0 saturated heterocycles. The molecule has 17 heteroatoms. The first-order valence-electron chi connectivity index (χ1n) is 40.6. The number of hydrogen-bond acceptors (Lipinski definition) is 13. The van der Waals surface area contributed by atoms with Gasteiger partial charge < -0.3 is 44.8 Å². The van der Waals surface area contributed by atoms with E-state index in [-0.39, 0.29) is 54.1 Å². The molecule has 1 N–H and O–H groups in total. The fourth-order valence-electron chi connectivity index (χ4n) is 18.4. The number of aryl methyl sites for hydroxylation is 2. The Kier molecular flexibility index (Phi) is 19.5. The number of allylic oxidation sites excluding steroid dienone is 3. The number of nitrogens with zero attached hydrogens (tertiary/aromatic N) is 13.